The van der Waals surface area contributed by atoms with Crippen molar-refractivity contribution in [3.63, 3.8) is 0 Å². The first-order valence-electron chi connectivity index (χ1n) is 10.6. The number of hydrogen-bond acceptors (Lipinski definition) is 5. The van der Waals surface area contributed by atoms with Gasteiger partial charge in [-0.1, -0.05) is 12.1 Å². The molecular weight excluding hydrogens is 409 g/mol. The fourth-order valence-electron chi connectivity index (χ4n) is 4.35. The third-order valence-corrected chi connectivity index (χ3v) is 7.20. The number of amides is 1. The Balaban J connectivity index is 1.57. The number of ether oxygens (including phenoxy) is 1. The van der Waals surface area contributed by atoms with Gasteiger partial charge in [-0.3, -0.25) is 9.69 Å². The zero-order chi connectivity index (χ0) is 21.6. The van der Waals surface area contributed by atoms with Crippen molar-refractivity contribution in [2.75, 3.05) is 45.6 Å². The summed E-state index contributed by atoms with van der Waals surface area (Å²) < 4.78 is 44.2. The Morgan fingerprint density at radius 3 is 2.57 bits per heavy atom. The Kier molecular flexibility index (Phi) is 8.21. The van der Waals surface area contributed by atoms with E-state index in [1.54, 1.807) is 16.4 Å². The summed E-state index contributed by atoms with van der Waals surface area (Å²) >= 11 is 0. The molecule has 1 atom stereocenters. The molecule has 2 heterocycles. The van der Waals surface area contributed by atoms with Crippen molar-refractivity contribution in [3.05, 3.63) is 35.6 Å². The van der Waals surface area contributed by atoms with Crippen LogP contribution in [0.3, 0.4) is 0 Å². The summed E-state index contributed by atoms with van der Waals surface area (Å²) in [6, 6.07) is 6.41. The van der Waals surface area contributed by atoms with Crippen LogP contribution < -0.4 is 5.32 Å². The van der Waals surface area contributed by atoms with Crippen molar-refractivity contribution in [3.8, 4) is 0 Å². The van der Waals surface area contributed by atoms with E-state index in [-0.39, 0.29) is 24.2 Å². The number of sulfonamides is 1. The zero-order valence-electron chi connectivity index (χ0n) is 17.6. The second kappa shape index (κ2) is 10.7. The molecule has 7 nitrogen and oxygen atoms in total. The highest BCUT2D eigenvalue weighted by molar-refractivity contribution is 7.88. The summed E-state index contributed by atoms with van der Waals surface area (Å²) in [5.74, 6) is -0.420. The van der Waals surface area contributed by atoms with Crippen LogP contribution in [-0.2, 0) is 26.0 Å². The molecule has 0 saturated carbocycles. The van der Waals surface area contributed by atoms with E-state index >= 15 is 0 Å². The minimum Gasteiger partial charge on any atom is -0.381 e. The quantitative estimate of drug-likeness (QED) is 0.660. The van der Waals surface area contributed by atoms with E-state index in [9.17, 15) is 17.6 Å². The van der Waals surface area contributed by atoms with E-state index in [0.29, 0.717) is 45.4 Å². The lowest BCUT2D eigenvalue weighted by Crippen LogP contribution is -2.55. The standard InChI is InChI=1S/C21H32FN3O4S/c1-30(27,28)24-11-2-3-20(16-24)25(19-8-13-29-14-9-19)12-10-23-21(26)15-17-4-6-18(22)7-5-17/h4-7,19-20H,2-3,8-16H2,1H3,(H,23,26). The molecule has 3 rings (SSSR count). The zero-order valence-corrected chi connectivity index (χ0v) is 18.4. The number of carbonyl (C=O) groups is 1. The van der Waals surface area contributed by atoms with Crippen LogP contribution in [0.15, 0.2) is 24.3 Å². The Morgan fingerprint density at radius 1 is 1.20 bits per heavy atom. The second-order valence-corrected chi connectivity index (χ2v) is 10.1. The van der Waals surface area contributed by atoms with Crippen LogP contribution in [0.25, 0.3) is 0 Å². The Labute approximate surface area is 178 Å². The van der Waals surface area contributed by atoms with Gasteiger partial charge in [-0.2, -0.15) is 0 Å². The lowest BCUT2D eigenvalue weighted by molar-refractivity contribution is -0.120. The van der Waals surface area contributed by atoms with Gasteiger partial charge in [0.05, 0.1) is 12.7 Å². The molecular formula is C21H32FN3O4S. The Bertz CT molecular complexity index is 797. The van der Waals surface area contributed by atoms with Gasteiger partial charge in [0, 0.05) is 51.5 Å². The normalized spacial score (nSPS) is 21.6. The number of benzene rings is 1. The highest BCUT2D eigenvalue weighted by Gasteiger charge is 2.33. The number of piperidine rings is 1. The molecule has 2 fully saturated rings. The van der Waals surface area contributed by atoms with Gasteiger partial charge in [0.2, 0.25) is 15.9 Å². The van der Waals surface area contributed by atoms with Crippen LogP contribution in [-0.4, -0.2) is 81.3 Å². The molecule has 1 N–H and O–H groups in total. The maximum atomic E-state index is 13.0. The summed E-state index contributed by atoms with van der Waals surface area (Å²) in [6.45, 7) is 3.65. The van der Waals surface area contributed by atoms with Crippen LogP contribution >= 0.6 is 0 Å². The highest BCUT2D eigenvalue weighted by atomic mass is 32.2. The fraction of sp³-hybridized carbons (Fsp3) is 0.667. The molecule has 2 aliphatic rings. The molecule has 0 aromatic heterocycles. The second-order valence-electron chi connectivity index (χ2n) is 8.15. The summed E-state index contributed by atoms with van der Waals surface area (Å²) in [4.78, 5) is 14.7. The monoisotopic (exact) mass is 441 g/mol. The maximum Gasteiger partial charge on any atom is 0.224 e. The average Bonchev–Trinajstić information content (AvgIpc) is 2.73. The smallest absolute Gasteiger partial charge is 0.224 e. The van der Waals surface area contributed by atoms with Gasteiger partial charge < -0.3 is 10.1 Å². The van der Waals surface area contributed by atoms with E-state index in [1.807, 2.05) is 0 Å². The van der Waals surface area contributed by atoms with Gasteiger partial charge in [0.1, 0.15) is 5.82 Å². The molecule has 1 unspecified atom stereocenters. The predicted octanol–water partition coefficient (Wildman–Crippen LogP) is 1.39. The van der Waals surface area contributed by atoms with E-state index in [2.05, 4.69) is 10.2 Å². The van der Waals surface area contributed by atoms with Gasteiger partial charge in [-0.15, -0.1) is 0 Å². The predicted molar refractivity (Wildman–Crippen MR) is 113 cm³/mol. The number of halogens is 1. The minimum absolute atomic E-state index is 0.102. The number of hydrogen-bond donors (Lipinski definition) is 1. The van der Waals surface area contributed by atoms with Gasteiger partial charge in [0.15, 0.2) is 0 Å². The largest absolute Gasteiger partial charge is 0.381 e. The lowest BCUT2D eigenvalue weighted by Gasteiger charge is -2.43. The van der Waals surface area contributed by atoms with Crippen molar-refractivity contribution in [1.82, 2.24) is 14.5 Å². The van der Waals surface area contributed by atoms with Crippen molar-refractivity contribution < 1.29 is 22.3 Å². The first-order valence-corrected chi connectivity index (χ1v) is 12.5. The maximum absolute atomic E-state index is 13.0. The van der Waals surface area contributed by atoms with Crippen molar-refractivity contribution >= 4 is 15.9 Å². The van der Waals surface area contributed by atoms with E-state index in [0.717, 1.165) is 31.2 Å². The van der Waals surface area contributed by atoms with Crippen LogP contribution in [0, 0.1) is 5.82 Å². The molecule has 1 amide bonds. The topological polar surface area (TPSA) is 79.0 Å². The van der Waals surface area contributed by atoms with Crippen LogP contribution in [0.2, 0.25) is 0 Å². The van der Waals surface area contributed by atoms with Gasteiger partial charge in [-0.05, 0) is 43.4 Å². The Hall–Kier alpha value is -1.55. The Morgan fingerprint density at radius 2 is 1.90 bits per heavy atom. The summed E-state index contributed by atoms with van der Waals surface area (Å²) in [6.07, 6.45) is 5.10. The number of rotatable bonds is 8. The van der Waals surface area contributed by atoms with E-state index in [1.165, 1.54) is 18.4 Å². The third-order valence-electron chi connectivity index (χ3n) is 5.93. The molecule has 168 valence electrons. The molecule has 9 heteroatoms. The van der Waals surface area contributed by atoms with E-state index in [4.69, 9.17) is 4.74 Å². The summed E-state index contributed by atoms with van der Waals surface area (Å²) in [5.41, 5.74) is 0.770. The lowest BCUT2D eigenvalue weighted by atomic mass is 9.99. The van der Waals surface area contributed by atoms with Crippen LogP contribution in [0.1, 0.15) is 31.2 Å². The first-order chi connectivity index (χ1) is 14.3. The molecule has 30 heavy (non-hydrogen) atoms. The molecule has 1 aromatic rings. The highest BCUT2D eigenvalue weighted by Crippen LogP contribution is 2.24. The molecule has 0 spiro atoms. The number of nitrogens with one attached hydrogen (secondary N) is 1. The molecule has 2 saturated heterocycles. The molecule has 1 aromatic carbocycles. The SMILES string of the molecule is CS(=O)(=O)N1CCCC(N(CCNC(=O)Cc2ccc(F)cc2)C2CCOCC2)C1. The summed E-state index contributed by atoms with van der Waals surface area (Å²) in [5, 5.41) is 2.96. The minimum atomic E-state index is -3.21. The number of carbonyl (C=O) groups excluding carboxylic acids is 1. The van der Waals surface area contributed by atoms with Gasteiger partial charge in [-0.25, -0.2) is 17.1 Å². The first kappa shape index (κ1) is 23.1. The average molecular weight is 442 g/mol. The van der Waals surface area contributed by atoms with Crippen molar-refractivity contribution in [1.29, 1.82) is 0 Å². The molecule has 0 aliphatic carbocycles. The number of nitrogens with zero attached hydrogens (tertiary/aromatic N) is 2. The molecule has 2 aliphatic heterocycles. The fourth-order valence-corrected chi connectivity index (χ4v) is 5.25. The van der Waals surface area contributed by atoms with Crippen molar-refractivity contribution in [2.24, 2.45) is 0 Å². The van der Waals surface area contributed by atoms with E-state index < -0.39 is 10.0 Å². The third kappa shape index (κ3) is 6.73. The van der Waals surface area contributed by atoms with Gasteiger partial charge >= 0.3 is 0 Å². The molecule has 0 radical (unpaired) electrons. The van der Waals surface area contributed by atoms with Crippen LogP contribution in [0.5, 0.6) is 0 Å². The van der Waals surface area contributed by atoms with Crippen LogP contribution in [0.4, 0.5) is 4.39 Å². The molecule has 0 bridgehead atoms. The van der Waals surface area contributed by atoms with Gasteiger partial charge in [0.25, 0.3) is 0 Å². The summed E-state index contributed by atoms with van der Waals surface area (Å²) in [7, 11) is -3.21. The van der Waals surface area contributed by atoms with Crippen molar-refractivity contribution in [2.45, 2.75) is 44.2 Å².